The van der Waals surface area contributed by atoms with Gasteiger partial charge in [0, 0.05) is 31.8 Å². The van der Waals surface area contributed by atoms with Crippen LogP contribution in [-0.2, 0) is 19.1 Å². The summed E-state index contributed by atoms with van der Waals surface area (Å²) in [5.74, 6) is -1.02. The maximum atomic E-state index is 11.5. The zero-order valence-corrected chi connectivity index (χ0v) is 12.2. The summed E-state index contributed by atoms with van der Waals surface area (Å²) in [4.78, 5) is 33.6. The summed E-state index contributed by atoms with van der Waals surface area (Å²) in [7, 11) is 1.26. The molecule has 0 aromatic heterocycles. The molecule has 0 aliphatic heterocycles. The first kappa shape index (κ1) is 16.5. The third-order valence-electron chi connectivity index (χ3n) is 2.56. The molecule has 21 heavy (non-hydrogen) atoms. The van der Waals surface area contributed by atoms with E-state index in [0.29, 0.717) is 11.4 Å². The second kappa shape index (κ2) is 7.88. The van der Waals surface area contributed by atoms with Crippen molar-refractivity contribution in [3.05, 3.63) is 24.3 Å². The lowest BCUT2D eigenvalue weighted by Gasteiger charge is -2.17. The standard InChI is InChI=1S/C14H19N3O4/c1-9(18)16-12-6-4-5-11(7-12)15-8-13(14(20)21-3)17-10(2)19/h4-7,13,15H,8H2,1-3H3,(H,16,18)(H,17,19). The number of carbonyl (C=O) groups excluding carboxylic acids is 3. The van der Waals surface area contributed by atoms with Crippen LogP contribution in [0.4, 0.5) is 11.4 Å². The molecule has 0 spiro atoms. The number of hydrogen-bond acceptors (Lipinski definition) is 5. The highest BCUT2D eigenvalue weighted by Crippen LogP contribution is 2.15. The van der Waals surface area contributed by atoms with Gasteiger partial charge in [-0.05, 0) is 18.2 Å². The number of rotatable bonds is 6. The van der Waals surface area contributed by atoms with Crippen molar-refractivity contribution in [2.75, 3.05) is 24.3 Å². The first-order valence-electron chi connectivity index (χ1n) is 6.39. The second-order valence-electron chi connectivity index (χ2n) is 4.42. The highest BCUT2D eigenvalue weighted by molar-refractivity contribution is 5.89. The van der Waals surface area contributed by atoms with Crippen LogP contribution in [-0.4, -0.2) is 37.5 Å². The molecule has 7 heteroatoms. The number of carbonyl (C=O) groups is 3. The Hall–Kier alpha value is -2.57. The van der Waals surface area contributed by atoms with E-state index in [0.717, 1.165) is 0 Å². The normalized spacial score (nSPS) is 11.2. The lowest BCUT2D eigenvalue weighted by molar-refractivity contribution is -0.144. The van der Waals surface area contributed by atoms with Gasteiger partial charge >= 0.3 is 5.97 Å². The van der Waals surface area contributed by atoms with Crippen molar-refractivity contribution in [1.29, 1.82) is 0 Å². The van der Waals surface area contributed by atoms with Crippen molar-refractivity contribution in [1.82, 2.24) is 5.32 Å². The molecule has 0 heterocycles. The third-order valence-corrected chi connectivity index (χ3v) is 2.56. The lowest BCUT2D eigenvalue weighted by atomic mass is 10.2. The summed E-state index contributed by atoms with van der Waals surface area (Å²) < 4.78 is 4.63. The van der Waals surface area contributed by atoms with Gasteiger partial charge in [-0.2, -0.15) is 0 Å². The maximum Gasteiger partial charge on any atom is 0.330 e. The number of anilines is 2. The molecule has 1 aromatic carbocycles. The van der Waals surface area contributed by atoms with Gasteiger partial charge < -0.3 is 20.7 Å². The Balaban J connectivity index is 2.68. The van der Waals surface area contributed by atoms with Gasteiger partial charge in [-0.15, -0.1) is 0 Å². The van der Waals surface area contributed by atoms with Crippen molar-refractivity contribution in [3.63, 3.8) is 0 Å². The minimum absolute atomic E-state index is 0.169. The average molecular weight is 293 g/mol. The average Bonchev–Trinajstić information content (AvgIpc) is 2.42. The molecule has 0 aliphatic rings. The minimum Gasteiger partial charge on any atom is -0.467 e. The van der Waals surface area contributed by atoms with E-state index in [-0.39, 0.29) is 18.4 Å². The van der Waals surface area contributed by atoms with E-state index < -0.39 is 12.0 Å². The number of ether oxygens (including phenoxy) is 1. The van der Waals surface area contributed by atoms with Crippen molar-refractivity contribution >= 4 is 29.2 Å². The number of benzene rings is 1. The van der Waals surface area contributed by atoms with Crippen LogP contribution in [0.2, 0.25) is 0 Å². The van der Waals surface area contributed by atoms with Crippen molar-refractivity contribution in [2.45, 2.75) is 19.9 Å². The number of nitrogens with one attached hydrogen (secondary N) is 3. The monoisotopic (exact) mass is 293 g/mol. The minimum atomic E-state index is -0.781. The molecule has 0 saturated heterocycles. The Bertz CT molecular complexity index is 531. The van der Waals surface area contributed by atoms with Crippen LogP contribution in [0.1, 0.15) is 13.8 Å². The molecule has 1 rings (SSSR count). The smallest absolute Gasteiger partial charge is 0.330 e. The fourth-order valence-corrected chi connectivity index (χ4v) is 1.71. The Morgan fingerprint density at radius 1 is 1.14 bits per heavy atom. The number of esters is 1. The molecule has 114 valence electrons. The lowest BCUT2D eigenvalue weighted by Crippen LogP contribution is -2.45. The Morgan fingerprint density at radius 3 is 2.38 bits per heavy atom. The molecular weight excluding hydrogens is 274 g/mol. The zero-order valence-electron chi connectivity index (χ0n) is 12.2. The van der Waals surface area contributed by atoms with Crippen LogP contribution >= 0.6 is 0 Å². The third kappa shape index (κ3) is 5.94. The van der Waals surface area contributed by atoms with Gasteiger partial charge in [0.1, 0.15) is 6.04 Å². The molecule has 0 bridgehead atoms. The van der Waals surface area contributed by atoms with Gasteiger partial charge in [-0.3, -0.25) is 9.59 Å². The van der Waals surface area contributed by atoms with E-state index in [4.69, 9.17) is 0 Å². The van der Waals surface area contributed by atoms with Gasteiger partial charge in [-0.25, -0.2) is 4.79 Å². The fourth-order valence-electron chi connectivity index (χ4n) is 1.71. The Labute approximate surface area is 123 Å². The number of hydrogen-bond donors (Lipinski definition) is 3. The molecule has 0 radical (unpaired) electrons. The quantitative estimate of drug-likeness (QED) is 0.672. The van der Waals surface area contributed by atoms with E-state index >= 15 is 0 Å². The molecule has 1 unspecified atom stereocenters. The second-order valence-corrected chi connectivity index (χ2v) is 4.42. The topological polar surface area (TPSA) is 96.5 Å². The molecule has 1 atom stereocenters. The molecule has 7 nitrogen and oxygen atoms in total. The molecule has 3 N–H and O–H groups in total. The van der Waals surface area contributed by atoms with E-state index in [9.17, 15) is 14.4 Å². The van der Waals surface area contributed by atoms with Crippen molar-refractivity contribution in [3.8, 4) is 0 Å². The Kier molecular flexibility index (Phi) is 6.19. The van der Waals surface area contributed by atoms with Crippen LogP contribution in [0.25, 0.3) is 0 Å². The van der Waals surface area contributed by atoms with Crippen LogP contribution in [0.15, 0.2) is 24.3 Å². The molecular formula is C14H19N3O4. The SMILES string of the molecule is COC(=O)C(CNc1cccc(NC(C)=O)c1)NC(C)=O. The van der Waals surface area contributed by atoms with Crippen molar-refractivity contribution in [2.24, 2.45) is 0 Å². The fraction of sp³-hybridized carbons (Fsp3) is 0.357. The predicted molar refractivity (Wildman–Crippen MR) is 78.9 cm³/mol. The Morgan fingerprint density at radius 2 is 1.81 bits per heavy atom. The molecule has 2 amide bonds. The van der Waals surface area contributed by atoms with Gasteiger partial charge in [0.15, 0.2) is 0 Å². The molecule has 0 aliphatic carbocycles. The largest absolute Gasteiger partial charge is 0.467 e. The van der Waals surface area contributed by atoms with E-state index in [1.165, 1.54) is 21.0 Å². The van der Waals surface area contributed by atoms with Crippen LogP contribution in [0.3, 0.4) is 0 Å². The van der Waals surface area contributed by atoms with Gasteiger partial charge in [0.25, 0.3) is 0 Å². The zero-order chi connectivity index (χ0) is 15.8. The summed E-state index contributed by atoms with van der Waals surface area (Å²) in [6.07, 6.45) is 0. The first-order chi connectivity index (χ1) is 9.92. The van der Waals surface area contributed by atoms with E-state index in [1.807, 2.05) is 0 Å². The van der Waals surface area contributed by atoms with Crippen LogP contribution < -0.4 is 16.0 Å². The predicted octanol–water partition coefficient (Wildman–Crippen LogP) is 0.735. The van der Waals surface area contributed by atoms with Crippen LogP contribution in [0.5, 0.6) is 0 Å². The first-order valence-corrected chi connectivity index (χ1v) is 6.39. The van der Waals surface area contributed by atoms with Crippen LogP contribution in [0, 0.1) is 0 Å². The van der Waals surface area contributed by atoms with Gasteiger partial charge in [-0.1, -0.05) is 6.07 Å². The van der Waals surface area contributed by atoms with Gasteiger partial charge in [0.05, 0.1) is 7.11 Å². The summed E-state index contributed by atoms with van der Waals surface area (Å²) in [6.45, 7) is 2.92. The van der Waals surface area contributed by atoms with E-state index in [2.05, 4.69) is 20.7 Å². The highest BCUT2D eigenvalue weighted by atomic mass is 16.5. The molecule has 0 saturated carbocycles. The maximum absolute atomic E-state index is 11.5. The summed E-state index contributed by atoms with van der Waals surface area (Å²) in [5, 5.41) is 8.17. The van der Waals surface area contributed by atoms with Gasteiger partial charge in [0.2, 0.25) is 11.8 Å². The summed E-state index contributed by atoms with van der Waals surface area (Å²) in [6, 6.07) is 6.24. The summed E-state index contributed by atoms with van der Waals surface area (Å²) in [5.41, 5.74) is 1.35. The summed E-state index contributed by atoms with van der Waals surface area (Å²) >= 11 is 0. The molecule has 0 fully saturated rings. The highest BCUT2D eigenvalue weighted by Gasteiger charge is 2.19. The van der Waals surface area contributed by atoms with Crippen molar-refractivity contribution < 1.29 is 19.1 Å². The number of methoxy groups -OCH3 is 1. The molecule has 1 aromatic rings. The number of amides is 2. The van der Waals surface area contributed by atoms with E-state index in [1.54, 1.807) is 24.3 Å².